The molecular weight excluding hydrogens is 451 g/mol. The number of hydrogen-bond donors (Lipinski definition) is 1. The van der Waals surface area contributed by atoms with Gasteiger partial charge in [0.15, 0.2) is 15.8 Å². The van der Waals surface area contributed by atoms with Crippen LogP contribution in [-0.4, -0.2) is 80.5 Å². The van der Waals surface area contributed by atoms with Crippen molar-refractivity contribution < 1.29 is 8.42 Å². The number of hydrogen-bond acceptors (Lipinski definition) is 4. The minimum atomic E-state index is -3.12. The second-order valence-corrected chi connectivity index (χ2v) is 10.7. The Labute approximate surface area is 171 Å². The Balaban J connectivity index is 0.00000576. The molecule has 1 aliphatic heterocycles. The highest BCUT2D eigenvalue weighted by Crippen LogP contribution is 2.15. The summed E-state index contributed by atoms with van der Waals surface area (Å²) in [6.45, 7) is 17.9. The molecule has 0 saturated carbocycles. The van der Waals surface area contributed by atoms with Gasteiger partial charge in [0.2, 0.25) is 0 Å². The number of nitrogens with one attached hydrogen (secondary N) is 1. The van der Waals surface area contributed by atoms with Gasteiger partial charge in [-0.1, -0.05) is 13.8 Å². The lowest BCUT2D eigenvalue weighted by molar-refractivity contribution is 0.164. The first-order chi connectivity index (χ1) is 11.1. The van der Waals surface area contributed by atoms with Crippen LogP contribution in [0.4, 0.5) is 0 Å². The van der Waals surface area contributed by atoms with Gasteiger partial charge in [-0.2, -0.15) is 0 Å². The number of nitrogens with zero attached hydrogens (tertiary/aromatic N) is 3. The van der Waals surface area contributed by atoms with Crippen molar-refractivity contribution in [3.05, 3.63) is 0 Å². The standard InChI is InChI=1S/C17H36N4O2S.HI/c1-7-18-16(19-8-13-24(22,23)17(4,5)6)21-11-9-20(10-12-21)14-15(2)3;/h15H,7-14H2,1-6H3,(H,18,19);1H. The summed E-state index contributed by atoms with van der Waals surface area (Å²) < 4.78 is 23.7. The molecule has 1 saturated heterocycles. The zero-order chi connectivity index (χ0) is 18.4. The Morgan fingerprint density at radius 2 is 1.72 bits per heavy atom. The van der Waals surface area contributed by atoms with E-state index in [0.29, 0.717) is 12.5 Å². The third kappa shape index (κ3) is 8.43. The molecule has 0 amide bonds. The monoisotopic (exact) mass is 488 g/mol. The second kappa shape index (κ2) is 10.9. The first-order valence-corrected chi connectivity index (χ1v) is 10.7. The van der Waals surface area contributed by atoms with E-state index in [-0.39, 0.29) is 29.7 Å². The van der Waals surface area contributed by atoms with Gasteiger partial charge in [-0.25, -0.2) is 8.42 Å². The second-order valence-electron chi connectivity index (χ2n) is 7.85. The van der Waals surface area contributed by atoms with Crippen LogP contribution in [0.2, 0.25) is 0 Å². The number of sulfone groups is 1. The zero-order valence-electron chi connectivity index (χ0n) is 16.7. The van der Waals surface area contributed by atoms with Crippen LogP contribution in [0.15, 0.2) is 4.99 Å². The van der Waals surface area contributed by atoms with Crippen molar-refractivity contribution in [3.63, 3.8) is 0 Å². The van der Waals surface area contributed by atoms with E-state index in [4.69, 9.17) is 0 Å². The van der Waals surface area contributed by atoms with Crippen LogP contribution >= 0.6 is 24.0 Å². The Kier molecular flexibility index (Phi) is 10.9. The molecule has 0 aromatic carbocycles. The Morgan fingerprint density at radius 3 is 2.16 bits per heavy atom. The summed E-state index contributed by atoms with van der Waals surface area (Å²) in [5, 5.41) is 3.30. The molecule has 25 heavy (non-hydrogen) atoms. The minimum absolute atomic E-state index is 0. The summed E-state index contributed by atoms with van der Waals surface area (Å²) in [6.07, 6.45) is 0. The molecular formula is C17H37IN4O2S. The van der Waals surface area contributed by atoms with Crippen LogP contribution in [0.25, 0.3) is 0 Å². The van der Waals surface area contributed by atoms with Crippen LogP contribution in [0.5, 0.6) is 0 Å². The first-order valence-electron chi connectivity index (χ1n) is 9.04. The quantitative estimate of drug-likeness (QED) is 0.352. The van der Waals surface area contributed by atoms with E-state index in [9.17, 15) is 8.42 Å². The molecule has 0 aromatic heterocycles. The molecule has 1 N–H and O–H groups in total. The maximum atomic E-state index is 12.2. The van der Waals surface area contributed by atoms with Gasteiger partial charge < -0.3 is 10.2 Å². The molecule has 0 bridgehead atoms. The third-order valence-corrected chi connectivity index (χ3v) is 6.77. The molecule has 0 spiro atoms. The Morgan fingerprint density at radius 1 is 1.16 bits per heavy atom. The van der Waals surface area contributed by atoms with Gasteiger partial charge in [-0.3, -0.25) is 9.89 Å². The number of rotatable bonds is 6. The van der Waals surface area contributed by atoms with Crippen LogP contribution in [0, 0.1) is 5.92 Å². The van der Waals surface area contributed by atoms with Crippen molar-refractivity contribution in [2.45, 2.75) is 46.3 Å². The van der Waals surface area contributed by atoms with Crippen molar-refractivity contribution in [2.24, 2.45) is 10.9 Å². The molecule has 1 heterocycles. The lowest BCUT2D eigenvalue weighted by Gasteiger charge is -2.37. The summed E-state index contributed by atoms with van der Waals surface area (Å²) in [6, 6.07) is 0. The fraction of sp³-hybridized carbons (Fsp3) is 0.941. The number of guanidine groups is 1. The van der Waals surface area contributed by atoms with Gasteiger partial charge in [0.1, 0.15) is 0 Å². The molecule has 0 unspecified atom stereocenters. The lowest BCUT2D eigenvalue weighted by Crippen LogP contribution is -2.53. The topological polar surface area (TPSA) is 65.0 Å². The van der Waals surface area contributed by atoms with Crippen molar-refractivity contribution >= 4 is 39.8 Å². The van der Waals surface area contributed by atoms with Crippen molar-refractivity contribution in [1.82, 2.24) is 15.1 Å². The molecule has 1 fully saturated rings. The van der Waals surface area contributed by atoms with Gasteiger partial charge in [0.25, 0.3) is 0 Å². The van der Waals surface area contributed by atoms with Gasteiger partial charge in [-0.15, -0.1) is 24.0 Å². The number of aliphatic imine (C=N–C) groups is 1. The molecule has 0 aromatic rings. The normalized spacial score (nSPS) is 17.6. The van der Waals surface area contributed by atoms with Gasteiger partial charge in [-0.05, 0) is 33.6 Å². The van der Waals surface area contributed by atoms with Crippen molar-refractivity contribution in [2.75, 3.05) is 51.6 Å². The van der Waals surface area contributed by atoms with Crippen LogP contribution < -0.4 is 5.32 Å². The predicted molar refractivity (Wildman–Crippen MR) is 118 cm³/mol. The highest BCUT2D eigenvalue weighted by molar-refractivity contribution is 14.0. The van der Waals surface area contributed by atoms with Crippen molar-refractivity contribution in [1.29, 1.82) is 0 Å². The fourth-order valence-corrected chi connectivity index (χ4v) is 3.61. The summed E-state index contributed by atoms with van der Waals surface area (Å²) in [5.41, 5.74) is 0. The SMILES string of the molecule is CCNC(=NCCS(=O)(=O)C(C)(C)C)N1CCN(CC(C)C)CC1.I. The summed E-state index contributed by atoms with van der Waals surface area (Å²) in [7, 11) is -3.12. The first kappa shape index (κ1) is 24.9. The van der Waals surface area contributed by atoms with Gasteiger partial charge in [0, 0.05) is 39.3 Å². The van der Waals surface area contributed by atoms with E-state index in [2.05, 4.69) is 34.0 Å². The summed E-state index contributed by atoms with van der Waals surface area (Å²) >= 11 is 0. The van der Waals surface area contributed by atoms with E-state index in [0.717, 1.165) is 45.2 Å². The smallest absolute Gasteiger partial charge is 0.194 e. The van der Waals surface area contributed by atoms with Gasteiger partial charge >= 0.3 is 0 Å². The van der Waals surface area contributed by atoms with E-state index in [1.54, 1.807) is 20.8 Å². The average Bonchev–Trinajstić information content (AvgIpc) is 2.45. The maximum absolute atomic E-state index is 12.2. The molecule has 1 rings (SSSR count). The summed E-state index contributed by atoms with van der Waals surface area (Å²) in [5.74, 6) is 1.62. The molecule has 0 atom stereocenters. The highest BCUT2D eigenvalue weighted by atomic mass is 127. The van der Waals surface area contributed by atoms with Crippen LogP contribution in [-0.2, 0) is 9.84 Å². The molecule has 0 radical (unpaired) electrons. The molecule has 6 nitrogen and oxygen atoms in total. The minimum Gasteiger partial charge on any atom is -0.357 e. The maximum Gasteiger partial charge on any atom is 0.194 e. The van der Waals surface area contributed by atoms with Gasteiger partial charge in [0.05, 0.1) is 17.0 Å². The third-order valence-electron chi connectivity index (χ3n) is 4.18. The Hall–Kier alpha value is -0.0900. The van der Waals surface area contributed by atoms with Crippen molar-refractivity contribution in [3.8, 4) is 0 Å². The van der Waals surface area contributed by atoms with E-state index in [1.807, 2.05) is 6.92 Å². The molecule has 1 aliphatic rings. The van der Waals surface area contributed by atoms with E-state index < -0.39 is 14.6 Å². The zero-order valence-corrected chi connectivity index (χ0v) is 19.9. The van der Waals surface area contributed by atoms with Crippen LogP contribution in [0.3, 0.4) is 0 Å². The summed E-state index contributed by atoms with van der Waals surface area (Å²) in [4.78, 5) is 9.28. The predicted octanol–water partition coefficient (Wildman–Crippen LogP) is 2.06. The molecule has 150 valence electrons. The number of piperazine rings is 1. The van der Waals surface area contributed by atoms with E-state index >= 15 is 0 Å². The molecule has 8 heteroatoms. The van der Waals surface area contributed by atoms with E-state index in [1.165, 1.54) is 0 Å². The highest BCUT2D eigenvalue weighted by Gasteiger charge is 2.28. The lowest BCUT2D eigenvalue weighted by atomic mass is 10.2. The average molecular weight is 488 g/mol. The largest absolute Gasteiger partial charge is 0.357 e. The molecule has 0 aliphatic carbocycles. The number of halogens is 1. The fourth-order valence-electron chi connectivity index (χ4n) is 2.66. The Bertz CT molecular complexity index is 507. The van der Waals surface area contributed by atoms with Crippen LogP contribution in [0.1, 0.15) is 41.5 Å².